The van der Waals surface area contributed by atoms with Crippen molar-refractivity contribution < 1.29 is 14.6 Å². The average Bonchev–Trinajstić information content (AvgIpc) is 2.48. The Morgan fingerprint density at radius 2 is 2.00 bits per heavy atom. The summed E-state index contributed by atoms with van der Waals surface area (Å²) in [6.45, 7) is 10.4. The van der Waals surface area contributed by atoms with Crippen LogP contribution in [-0.2, 0) is 4.79 Å². The van der Waals surface area contributed by atoms with Crippen molar-refractivity contribution in [1.29, 1.82) is 0 Å². The number of nitrogens with zero attached hydrogens (tertiary/aromatic N) is 1. The van der Waals surface area contributed by atoms with Gasteiger partial charge in [-0.1, -0.05) is 29.8 Å². The van der Waals surface area contributed by atoms with Crippen molar-refractivity contribution in [3.05, 3.63) is 35.4 Å². The maximum atomic E-state index is 11.9. The first-order valence-electron chi connectivity index (χ1n) is 7.73. The van der Waals surface area contributed by atoms with Crippen molar-refractivity contribution in [2.24, 2.45) is 5.10 Å². The fraction of sp³-hybridized carbons (Fsp3) is 0.500. The number of rotatable bonds is 5. The molecule has 0 aliphatic carbocycles. The Hall–Kier alpha value is -1.72. The lowest BCUT2D eigenvalue weighted by molar-refractivity contribution is -1.01. The first kappa shape index (κ1) is 15.7. The molecule has 1 aromatic rings. The maximum absolute atomic E-state index is 11.9. The number of carbonyl (C=O) groups is 1. The monoisotopic (exact) mass is 290 g/mol. The van der Waals surface area contributed by atoms with Gasteiger partial charge in [-0.05, 0) is 19.4 Å². The van der Waals surface area contributed by atoms with E-state index in [1.807, 2.05) is 31.2 Å². The Kier molecular flexibility index (Phi) is 5.90. The molecule has 0 atom stereocenters. The van der Waals surface area contributed by atoms with Gasteiger partial charge in [0.1, 0.15) is 26.2 Å². The highest BCUT2D eigenvalue weighted by molar-refractivity contribution is 5.82. The van der Waals surface area contributed by atoms with E-state index in [0.717, 1.165) is 31.7 Å². The lowest BCUT2D eigenvalue weighted by atomic mass is 10.2. The van der Waals surface area contributed by atoms with Crippen molar-refractivity contribution >= 4 is 12.1 Å². The number of hydrogen-bond donors (Lipinski definition) is 3. The number of amides is 1. The van der Waals surface area contributed by atoms with E-state index in [1.165, 1.54) is 17.0 Å². The molecule has 0 saturated carbocycles. The van der Waals surface area contributed by atoms with E-state index in [4.69, 9.17) is 0 Å². The summed E-state index contributed by atoms with van der Waals surface area (Å²) in [5, 5.41) is 4.04. The third kappa shape index (κ3) is 5.28. The SMILES string of the molecule is CC[NH+]1CC[NH+](CC(=O)N/N=C\c2cccc(C)c2)CC1. The van der Waals surface area contributed by atoms with E-state index in [2.05, 4.69) is 17.5 Å². The minimum atomic E-state index is -0.00569. The van der Waals surface area contributed by atoms with E-state index in [0.29, 0.717) is 6.54 Å². The number of likely N-dealkylation sites (N-methyl/N-ethyl adjacent to an activating group) is 1. The number of quaternary nitrogens is 2. The molecule has 1 aliphatic rings. The van der Waals surface area contributed by atoms with E-state index in [9.17, 15) is 4.79 Å². The molecule has 21 heavy (non-hydrogen) atoms. The fourth-order valence-electron chi connectivity index (χ4n) is 2.68. The zero-order valence-corrected chi connectivity index (χ0v) is 13.0. The average molecular weight is 290 g/mol. The number of carbonyl (C=O) groups excluding carboxylic acids is 1. The highest BCUT2D eigenvalue weighted by atomic mass is 16.2. The summed E-state index contributed by atoms with van der Waals surface area (Å²) in [5.74, 6) is -0.00569. The standard InChI is InChI=1S/C16H24N4O/c1-3-19-7-9-20(10-8-19)13-16(21)18-17-12-15-6-4-5-14(2)11-15/h4-6,11-12H,3,7-10,13H2,1-2H3,(H,18,21)/p+2/b17-12-. The van der Waals surface area contributed by atoms with Crippen LogP contribution < -0.4 is 15.2 Å². The third-order valence-electron chi connectivity index (χ3n) is 4.02. The normalized spacial score (nSPS) is 22.4. The van der Waals surface area contributed by atoms with Gasteiger partial charge in [-0.2, -0.15) is 5.10 Å². The molecule has 5 nitrogen and oxygen atoms in total. The number of piperazine rings is 1. The Labute approximate surface area is 126 Å². The molecule has 2 rings (SSSR count). The maximum Gasteiger partial charge on any atom is 0.295 e. The van der Waals surface area contributed by atoms with Gasteiger partial charge in [-0.3, -0.25) is 4.79 Å². The van der Waals surface area contributed by atoms with Crippen LogP contribution in [0, 0.1) is 6.92 Å². The highest BCUT2D eigenvalue weighted by Crippen LogP contribution is 2.00. The van der Waals surface area contributed by atoms with Crippen molar-refractivity contribution in [3.8, 4) is 0 Å². The Morgan fingerprint density at radius 3 is 2.67 bits per heavy atom. The Bertz CT molecular complexity index is 493. The minimum absolute atomic E-state index is 0.00569. The molecule has 114 valence electrons. The van der Waals surface area contributed by atoms with Crippen LogP contribution in [0.2, 0.25) is 0 Å². The molecule has 1 fully saturated rings. The van der Waals surface area contributed by atoms with Gasteiger partial charge in [-0.15, -0.1) is 0 Å². The molecule has 1 saturated heterocycles. The number of benzene rings is 1. The predicted molar refractivity (Wildman–Crippen MR) is 83.7 cm³/mol. The second kappa shape index (κ2) is 7.90. The van der Waals surface area contributed by atoms with Crippen LogP contribution in [0.1, 0.15) is 18.1 Å². The van der Waals surface area contributed by atoms with Crippen LogP contribution in [0.3, 0.4) is 0 Å². The molecule has 1 aliphatic heterocycles. The number of aryl methyl sites for hydroxylation is 1. The summed E-state index contributed by atoms with van der Waals surface area (Å²) < 4.78 is 0. The number of nitrogens with one attached hydrogen (secondary N) is 3. The molecular formula is C16H26N4O+2. The van der Waals surface area contributed by atoms with E-state index >= 15 is 0 Å². The molecule has 0 bridgehead atoms. The first-order chi connectivity index (χ1) is 10.2. The van der Waals surface area contributed by atoms with E-state index in [1.54, 1.807) is 11.1 Å². The van der Waals surface area contributed by atoms with E-state index < -0.39 is 0 Å². The lowest BCUT2D eigenvalue weighted by Crippen LogP contribution is -3.28. The van der Waals surface area contributed by atoms with Crippen LogP contribution >= 0.6 is 0 Å². The van der Waals surface area contributed by atoms with Crippen molar-refractivity contribution in [3.63, 3.8) is 0 Å². The summed E-state index contributed by atoms with van der Waals surface area (Å²) in [6.07, 6.45) is 1.69. The molecule has 0 aromatic heterocycles. The van der Waals surface area contributed by atoms with Crippen LogP contribution in [0.25, 0.3) is 0 Å². The van der Waals surface area contributed by atoms with Gasteiger partial charge in [0, 0.05) is 0 Å². The van der Waals surface area contributed by atoms with Crippen LogP contribution in [0.5, 0.6) is 0 Å². The molecule has 1 heterocycles. The summed E-state index contributed by atoms with van der Waals surface area (Å²) in [6, 6.07) is 8.03. The van der Waals surface area contributed by atoms with Gasteiger partial charge in [0.2, 0.25) is 0 Å². The van der Waals surface area contributed by atoms with Crippen LogP contribution in [-0.4, -0.2) is 51.4 Å². The molecule has 0 radical (unpaired) electrons. The fourth-order valence-corrected chi connectivity index (χ4v) is 2.68. The molecular weight excluding hydrogens is 264 g/mol. The topological polar surface area (TPSA) is 50.3 Å². The molecule has 5 heteroatoms. The molecule has 3 N–H and O–H groups in total. The third-order valence-corrected chi connectivity index (χ3v) is 4.02. The summed E-state index contributed by atoms with van der Waals surface area (Å²) >= 11 is 0. The quantitative estimate of drug-likeness (QED) is 0.437. The van der Waals surface area contributed by atoms with Gasteiger partial charge in [0.15, 0.2) is 6.54 Å². The molecule has 1 amide bonds. The van der Waals surface area contributed by atoms with Gasteiger partial charge >= 0.3 is 0 Å². The van der Waals surface area contributed by atoms with Crippen molar-refractivity contribution in [1.82, 2.24) is 5.43 Å². The Morgan fingerprint density at radius 1 is 1.29 bits per heavy atom. The van der Waals surface area contributed by atoms with Gasteiger partial charge < -0.3 is 9.80 Å². The van der Waals surface area contributed by atoms with Gasteiger partial charge in [-0.25, -0.2) is 5.43 Å². The molecule has 0 spiro atoms. The van der Waals surface area contributed by atoms with Gasteiger partial charge in [0.05, 0.1) is 12.8 Å². The second-order valence-corrected chi connectivity index (χ2v) is 5.74. The van der Waals surface area contributed by atoms with E-state index in [-0.39, 0.29) is 5.91 Å². The van der Waals surface area contributed by atoms with Crippen molar-refractivity contribution in [2.75, 3.05) is 39.3 Å². The molecule has 0 unspecified atom stereocenters. The highest BCUT2D eigenvalue weighted by Gasteiger charge is 2.23. The second-order valence-electron chi connectivity index (χ2n) is 5.74. The Balaban J connectivity index is 1.72. The summed E-state index contributed by atoms with van der Waals surface area (Å²) in [7, 11) is 0. The first-order valence-corrected chi connectivity index (χ1v) is 7.73. The summed E-state index contributed by atoms with van der Waals surface area (Å²) in [4.78, 5) is 14.9. The largest absolute Gasteiger partial charge is 0.326 e. The zero-order valence-electron chi connectivity index (χ0n) is 13.0. The van der Waals surface area contributed by atoms with Crippen molar-refractivity contribution in [2.45, 2.75) is 13.8 Å². The number of hydrogen-bond acceptors (Lipinski definition) is 2. The zero-order chi connectivity index (χ0) is 15.1. The van der Waals surface area contributed by atoms with Crippen LogP contribution in [0.15, 0.2) is 29.4 Å². The van der Waals surface area contributed by atoms with Crippen LogP contribution in [0.4, 0.5) is 0 Å². The van der Waals surface area contributed by atoms with Gasteiger partial charge in [0.25, 0.3) is 5.91 Å². The minimum Gasteiger partial charge on any atom is -0.326 e. The summed E-state index contributed by atoms with van der Waals surface area (Å²) in [5.41, 5.74) is 4.81. The predicted octanol–water partition coefficient (Wildman–Crippen LogP) is -1.75. The smallest absolute Gasteiger partial charge is 0.295 e. The lowest BCUT2D eigenvalue weighted by Gasteiger charge is -2.28. The number of hydrazone groups is 1. The molecule has 1 aromatic carbocycles.